The lowest BCUT2D eigenvalue weighted by Crippen LogP contribution is -2.49. The summed E-state index contributed by atoms with van der Waals surface area (Å²) in [4.78, 5) is 27.5. The molecule has 0 saturated heterocycles. The SMILES string of the molecule is CCNC(=O)C(CC)N(Cc1c(Cl)cccc1Cl)C(=O)Cc1ccccc1C. The third kappa shape index (κ3) is 5.49. The number of carbonyl (C=O) groups excluding carboxylic acids is 2. The van der Waals surface area contributed by atoms with E-state index in [1.807, 2.05) is 45.0 Å². The Morgan fingerprint density at radius 1 is 1.04 bits per heavy atom. The molecule has 0 fully saturated rings. The summed E-state index contributed by atoms with van der Waals surface area (Å²) in [6, 6.07) is 12.4. The number of hydrogen-bond donors (Lipinski definition) is 1. The monoisotopic (exact) mass is 420 g/mol. The van der Waals surface area contributed by atoms with Crippen molar-refractivity contribution < 1.29 is 9.59 Å². The van der Waals surface area contributed by atoms with Crippen LogP contribution in [0, 0.1) is 6.92 Å². The van der Waals surface area contributed by atoms with Crippen LogP contribution in [0.3, 0.4) is 0 Å². The number of likely N-dealkylation sites (N-methyl/N-ethyl adjacent to an activating group) is 1. The molecule has 0 saturated carbocycles. The van der Waals surface area contributed by atoms with E-state index in [-0.39, 0.29) is 24.8 Å². The molecule has 2 aromatic carbocycles. The van der Waals surface area contributed by atoms with Crippen molar-refractivity contribution >= 4 is 35.0 Å². The highest BCUT2D eigenvalue weighted by Crippen LogP contribution is 2.27. The highest BCUT2D eigenvalue weighted by atomic mass is 35.5. The summed E-state index contributed by atoms with van der Waals surface area (Å²) in [6.45, 7) is 6.40. The zero-order valence-corrected chi connectivity index (χ0v) is 18.0. The molecule has 150 valence electrons. The maximum absolute atomic E-state index is 13.3. The van der Waals surface area contributed by atoms with Crippen molar-refractivity contribution in [1.29, 1.82) is 0 Å². The predicted octanol–water partition coefficient (Wildman–Crippen LogP) is 4.79. The van der Waals surface area contributed by atoms with Gasteiger partial charge in [-0.1, -0.05) is 60.5 Å². The first-order valence-corrected chi connectivity index (χ1v) is 10.2. The van der Waals surface area contributed by atoms with Crippen LogP contribution in [-0.2, 0) is 22.6 Å². The van der Waals surface area contributed by atoms with Gasteiger partial charge in [0.1, 0.15) is 6.04 Å². The predicted molar refractivity (Wildman–Crippen MR) is 115 cm³/mol. The van der Waals surface area contributed by atoms with Crippen molar-refractivity contribution in [2.45, 2.75) is 46.2 Å². The fourth-order valence-corrected chi connectivity index (χ4v) is 3.66. The van der Waals surface area contributed by atoms with E-state index in [0.717, 1.165) is 11.1 Å². The van der Waals surface area contributed by atoms with Crippen molar-refractivity contribution in [3.63, 3.8) is 0 Å². The first-order valence-electron chi connectivity index (χ1n) is 9.43. The molecule has 0 aliphatic rings. The Bertz CT molecular complexity index is 819. The fraction of sp³-hybridized carbons (Fsp3) is 0.364. The van der Waals surface area contributed by atoms with Crippen molar-refractivity contribution in [1.82, 2.24) is 10.2 Å². The molecule has 0 spiro atoms. The quantitative estimate of drug-likeness (QED) is 0.667. The summed E-state index contributed by atoms with van der Waals surface area (Å²) in [5, 5.41) is 3.78. The number of rotatable bonds is 8. The normalized spacial score (nSPS) is 11.8. The molecule has 0 bridgehead atoms. The lowest BCUT2D eigenvalue weighted by atomic mass is 10.0. The van der Waals surface area contributed by atoms with Gasteiger partial charge >= 0.3 is 0 Å². The Morgan fingerprint density at radius 3 is 2.25 bits per heavy atom. The van der Waals surface area contributed by atoms with E-state index in [4.69, 9.17) is 23.2 Å². The minimum Gasteiger partial charge on any atom is -0.355 e. The number of halogens is 2. The maximum Gasteiger partial charge on any atom is 0.242 e. The molecule has 1 atom stereocenters. The number of nitrogens with one attached hydrogen (secondary N) is 1. The largest absolute Gasteiger partial charge is 0.355 e. The molecule has 0 radical (unpaired) electrons. The van der Waals surface area contributed by atoms with Crippen molar-refractivity contribution in [2.75, 3.05) is 6.54 Å². The van der Waals surface area contributed by atoms with Gasteiger partial charge in [0.25, 0.3) is 0 Å². The first kappa shape index (κ1) is 22.3. The van der Waals surface area contributed by atoms with Crippen LogP contribution in [0.2, 0.25) is 10.0 Å². The summed E-state index contributed by atoms with van der Waals surface area (Å²) in [7, 11) is 0. The molecule has 2 rings (SSSR count). The van der Waals surface area contributed by atoms with E-state index in [0.29, 0.717) is 28.6 Å². The zero-order chi connectivity index (χ0) is 20.7. The molecule has 0 aromatic heterocycles. The summed E-state index contributed by atoms with van der Waals surface area (Å²) in [5.41, 5.74) is 2.62. The number of aryl methyl sites for hydroxylation is 1. The summed E-state index contributed by atoms with van der Waals surface area (Å²) in [5.74, 6) is -0.310. The lowest BCUT2D eigenvalue weighted by molar-refractivity contribution is -0.140. The average molecular weight is 421 g/mol. The lowest BCUT2D eigenvalue weighted by Gasteiger charge is -2.31. The Labute approximate surface area is 176 Å². The average Bonchev–Trinajstić information content (AvgIpc) is 2.66. The molecular weight excluding hydrogens is 395 g/mol. The first-order chi connectivity index (χ1) is 13.4. The minimum atomic E-state index is -0.594. The van der Waals surface area contributed by atoms with Crippen molar-refractivity contribution in [3.8, 4) is 0 Å². The van der Waals surface area contributed by atoms with Gasteiger partial charge in [-0.15, -0.1) is 0 Å². The number of nitrogens with zero attached hydrogens (tertiary/aromatic N) is 1. The van der Waals surface area contributed by atoms with Crippen LogP contribution in [0.5, 0.6) is 0 Å². The van der Waals surface area contributed by atoms with E-state index in [1.165, 1.54) is 0 Å². The van der Waals surface area contributed by atoms with Gasteiger partial charge in [-0.3, -0.25) is 9.59 Å². The Morgan fingerprint density at radius 2 is 1.68 bits per heavy atom. The second-order valence-electron chi connectivity index (χ2n) is 6.64. The molecule has 0 aliphatic heterocycles. The van der Waals surface area contributed by atoms with Crippen molar-refractivity contribution in [2.24, 2.45) is 0 Å². The van der Waals surface area contributed by atoms with Crippen molar-refractivity contribution in [3.05, 3.63) is 69.2 Å². The molecule has 4 nitrogen and oxygen atoms in total. The number of benzene rings is 2. The molecule has 1 unspecified atom stereocenters. The second kappa shape index (κ2) is 10.5. The fourth-order valence-electron chi connectivity index (χ4n) is 3.14. The minimum absolute atomic E-state index is 0.136. The van der Waals surface area contributed by atoms with E-state index in [9.17, 15) is 9.59 Å². The number of carbonyl (C=O) groups is 2. The second-order valence-corrected chi connectivity index (χ2v) is 7.46. The Kier molecular flexibility index (Phi) is 8.34. The molecule has 28 heavy (non-hydrogen) atoms. The highest BCUT2D eigenvalue weighted by Gasteiger charge is 2.29. The molecule has 1 N–H and O–H groups in total. The van der Waals surface area contributed by atoms with E-state index in [2.05, 4.69) is 5.32 Å². The zero-order valence-electron chi connectivity index (χ0n) is 16.5. The number of hydrogen-bond acceptors (Lipinski definition) is 2. The third-order valence-electron chi connectivity index (χ3n) is 4.73. The Balaban J connectivity index is 2.38. The van der Waals surface area contributed by atoms with Crippen LogP contribution in [0.4, 0.5) is 0 Å². The molecule has 0 aliphatic carbocycles. The topological polar surface area (TPSA) is 49.4 Å². The van der Waals surface area contributed by atoms with Crippen LogP contribution in [-0.4, -0.2) is 29.3 Å². The highest BCUT2D eigenvalue weighted by molar-refractivity contribution is 6.36. The summed E-state index contributed by atoms with van der Waals surface area (Å²) < 4.78 is 0. The van der Waals surface area contributed by atoms with E-state index < -0.39 is 6.04 Å². The molecule has 2 aromatic rings. The van der Waals surface area contributed by atoms with Gasteiger partial charge in [0.2, 0.25) is 11.8 Å². The van der Waals surface area contributed by atoms with Gasteiger partial charge in [0.15, 0.2) is 0 Å². The van der Waals surface area contributed by atoms with Crippen LogP contribution in [0.15, 0.2) is 42.5 Å². The number of amides is 2. The van der Waals surface area contributed by atoms with Gasteiger partial charge in [0.05, 0.1) is 6.42 Å². The molecular formula is C22H26Cl2N2O2. The maximum atomic E-state index is 13.3. The van der Waals surface area contributed by atoms with E-state index in [1.54, 1.807) is 23.1 Å². The summed E-state index contributed by atoms with van der Waals surface area (Å²) in [6.07, 6.45) is 0.706. The van der Waals surface area contributed by atoms with Crippen LogP contribution < -0.4 is 5.32 Å². The standard InChI is InChI=1S/C22H26Cl2N2O2/c1-4-20(22(28)25-5-2)26(14-17-18(23)11-8-12-19(17)24)21(27)13-16-10-7-6-9-15(16)3/h6-12,20H,4-5,13-14H2,1-3H3,(H,25,28). The van der Waals surface area contributed by atoms with E-state index >= 15 is 0 Å². The summed E-state index contributed by atoms with van der Waals surface area (Å²) >= 11 is 12.7. The van der Waals surface area contributed by atoms with Crippen LogP contribution in [0.1, 0.15) is 37.0 Å². The molecule has 6 heteroatoms. The van der Waals surface area contributed by atoms with Crippen LogP contribution in [0.25, 0.3) is 0 Å². The Hall–Kier alpha value is -2.04. The van der Waals surface area contributed by atoms with Gasteiger partial charge in [-0.05, 0) is 43.5 Å². The van der Waals surface area contributed by atoms with Gasteiger partial charge in [0, 0.05) is 28.7 Å². The van der Waals surface area contributed by atoms with Gasteiger partial charge in [-0.25, -0.2) is 0 Å². The van der Waals surface area contributed by atoms with Gasteiger partial charge < -0.3 is 10.2 Å². The molecule has 2 amide bonds. The molecule has 0 heterocycles. The third-order valence-corrected chi connectivity index (χ3v) is 5.44. The smallest absolute Gasteiger partial charge is 0.242 e. The van der Waals surface area contributed by atoms with Gasteiger partial charge in [-0.2, -0.15) is 0 Å². The van der Waals surface area contributed by atoms with Crippen LogP contribution >= 0.6 is 23.2 Å².